The van der Waals surface area contributed by atoms with Crippen LogP contribution in [0.5, 0.6) is 0 Å². The molecule has 0 atom stereocenters. The zero-order valence-corrected chi connectivity index (χ0v) is 13.2. The number of hydrogen-bond donors (Lipinski definition) is 2. The van der Waals surface area contributed by atoms with Crippen molar-refractivity contribution < 1.29 is 4.79 Å². The normalized spacial score (nSPS) is 16.1. The first kappa shape index (κ1) is 16.0. The lowest BCUT2D eigenvalue weighted by molar-refractivity contribution is -0.117. The molecule has 0 saturated carbocycles. The molecule has 0 unspecified atom stereocenters. The van der Waals surface area contributed by atoms with Crippen LogP contribution in [0.1, 0.15) is 24.8 Å². The Labute approximate surface area is 127 Å². The molecule has 1 aromatic carbocycles. The number of carbonyl (C=O) groups is 1. The van der Waals surface area contributed by atoms with E-state index in [9.17, 15) is 4.79 Å². The van der Waals surface area contributed by atoms with Crippen molar-refractivity contribution >= 4 is 11.6 Å². The summed E-state index contributed by atoms with van der Waals surface area (Å²) in [4.78, 5) is 14.1. The van der Waals surface area contributed by atoms with Crippen LogP contribution >= 0.6 is 0 Å². The van der Waals surface area contributed by atoms with Crippen LogP contribution in [0.3, 0.4) is 0 Å². The molecule has 1 heterocycles. The minimum atomic E-state index is 0.0633. The van der Waals surface area contributed by atoms with Crippen molar-refractivity contribution in [3.8, 4) is 0 Å². The number of nitrogens with one attached hydrogen (secondary N) is 2. The summed E-state index contributed by atoms with van der Waals surface area (Å²) in [7, 11) is 2.02. The number of piperidine rings is 1. The number of carbonyl (C=O) groups excluding carboxylic acids is 1. The minimum Gasteiger partial charge on any atom is -0.325 e. The molecule has 4 nitrogen and oxygen atoms in total. The van der Waals surface area contributed by atoms with Gasteiger partial charge in [-0.3, -0.25) is 9.69 Å². The van der Waals surface area contributed by atoms with E-state index in [0.717, 1.165) is 36.8 Å². The van der Waals surface area contributed by atoms with Gasteiger partial charge in [-0.15, -0.1) is 0 Å². The van der Waals surface area contributed by atoms with Crippen LogP contribution in [0.15, 0.2) is 24.3 Å². The molecule has 4 heteroatoms. The summed E-state index contributed by atoms with van der Waals surface area (Å²) < 4.78 is 0. The first-order chi connectivity index (χ1) is 10.1. The molecular weight excluding hydrogens is 262 g/mol. The fourth-order valence-electron chi connectivity index (χ4n) is 2.82. The summed E-state index contributed by atoms with van der Waals surface area (Å²) in [5.41, 5.74) is 2.04. The lowest BCUT2D eigenvalue weighted by Crippen LogP contribution is -2.33. The van der Waals surface area contributed by atoms with Crippen LogP contribution in [-0.4, -0.2) is 44.0 Å². The highest BCUT2D eigenvalue weighted by Crippen LogP contribution is 2.16. The average molecular weight is 289 g/mol. The van der Waals surface area contributed by atoms with Gasteiger partial charge < -0.3 is 10.6 Å². The van der Waals surface area contributed by atoms with E-state index >= 15 is 0 Å². The van der Waals surface area contributed by atoms with Gasteiger partial charge >= 0.3 is 0 Å². The molecule has 21 heavy (non-hydrogen) atoms. The molecule has 0 aliphatic carbocycles. The van der Waals surface area contributed by atoms with Crippen molar-refractivity contribution in [1.82, 2.24) is 10.2 Å². The number of amides is 1. The van der Waals surface area contributed by atoms with Crippen LogP contribution in [0, 0.1) is 12.8 Å². The number of hydrogen-bond acceptors (Lipinski definition) is 3. The number of rotatable bonds is 6. The maximum atomic E-state index is 12.0. The standard InChI is InChI=1S/C17H27N3O/c1-14-4-3-5-16(12-14)19-17(21)13-20(2)11-8-15-6-9-18-10-7-15/h3-5,12,15,18H,6-11,13H2,1-2H3,(H,19,21). The summed E-state index contributed by atoms with van der Waals surface area (Å²) in [6.45, 7) is 5.76. The molecule has 0 aromatic heterocycles. The Morgan fingerprint density at radius 3 is 2.86 bits per heavy atom. The van der Waals surface area contributed by atoms with E-state index < -0.39 is 0 Å². The van der Waals surface area contributed by atoms with Crippen molar-refractivity contribution in [2.24, 2.45) is 5.92 Å². The SMILES string of the molecule is Cc1cccc(NC(=O)CN(C)CCC2CCNCC2)c1. The number of likely N-dealkylation sites (N-methyl/N-ethyl adjacent to an activating group) is 1. The second kappa shape index (κ2) is 8.15. The van der Waals surface area contributed by atoms with E-state index in [-0.39, 0.29) is 5.91 Å². The molecule has 1 aliphatic heterocycles. The van der Waals surface area contributed by atoms with Gasteiger partial charge in [0.1, 0.15) is 0 Å². The Kier molecular flexibility index (Phi) is 6.21. The van der Waals surface area contributed by atoms with E-state index in [2.05, 4.69) is 15.5 Å². The Morgan fingerprint density at radius 2 is 2.14 bits per heavy atom. The minimum absolute atomic E-state index is 0.0633. The Morgan fingerprint density at radius 1 is 1.38 bits per heavy atom. The van der Waals surface area contributed by atoms with Crippen LogP contribution in [-0.2, 0) is 4.79 Å². The van der Waals surface area contributed by atoms with Gasteiger partial charge in [-0.25, -0.2) is 0 Å². The maximum absolute atomic E-state index is 12.0. The molecule has 116 valence electrons. The Bertz CT molecular complexity index is 455. The van der Waals surface area contributed by atoms with E-state index in [1.807, 2.05) is 38.2 Å². The van der Waals surface area contributed by atoms with Crippen LogP contribution in [0.25, 0.3) is 0 Å². The van der Waals surface area contributed by atoms with Gasteiger partial charge in [0.05, 0.1) is 6.54 Å². The summed E-state index contributed by atoms with van der Waals surface area (Å²) in [6.07, 6.45) is 3.72. The molecule has 1 amide bonds. The summed E-state index contributed by atoms with van der Waals surface area (Å²) >= 11 is 0. The lowest BCUT2D eigenvalue weighted by Gasteiger charge is -2.25. The second-order valence-electron chi connectivity index (χ2n) is 6.14. The molecule has 1 aliphatic rings. The molecule has 1 fully saturated rings. The number of benzene rings is 1. The van der Waals surface area contributed by atoms with Gasteiger partial charge in [-0.1, -0.05) is 12.1 Å². The molecule has 1 aromatic rings. The van der Waals surface area contributed by atoms with E-state index in [1.54, 1.807) is 0 Å². The largest absolute Gasteiger partial charge is 0.325 e. The topological polar surface area (TPSA) is 44.4 Å². The quantitative estimate of drug-likeness (QED) is 0.844. The third-order valence-corrected chi connectivity index (χ3v) is 4.09. The molecule has 1 saturated heterocycles. The van der Waals surface area contributed by atoms with Crippen LogP contribution in [0.2, 0.25) is 0 Å². The molecule has 2 rings (SSSR count). The van der Waals surface area contributed by atoms with E-state index in [0.29, 0.717) is 6.54 Å². The first-order valence-corrected chi connectivity index (χ1v) is 7.89. The molecule has 0 radical (unpaired) electrons. The summed E-state index contributed by atoms with van der Waals surface area (Å²) in [5.74, 6) is 0.877. The predicted molar refractivity (Wildman–Crippen MR) is 87.5 cm³/mol. The Hall–Kier alpha value is -1.39. The molecule has 0 bridgehead atoms. The summed E-state index contributed by atoms with van der Waals surface area (Å²) in [5, 5.41) is 6.35. The third kappa shape index (κ3) is 5.86. The van der Waals surface area contributed by atoms with E-state index in [4.69, 9.17) is 0 Å². The predicted octanol–water partition coefficient (Wildman–Crippen LogP) is 2.26. The van der Waals surface area contributed by atoms with Gasteiger partial charge in [0.25, 0.3) is 0 Å². The zero-order valence-electron chi connectivity index (χ0n) is 13.2. The van der Waals surface area contributed by atoms with E-state index in [1.165, 1.54) is 19.3 Å². The van der Waals surface area contributed by atoms with Crippen molar-refractivity contribution in [3.63, 3.8) is 0 Å². The fourth-order valence-corrected chi connectivity index (χ4v) is 2.82. The van der Waals surface area contributed by atoms with Crippen molar-refractivity contribution in [2.45, 2.75) is 26.2 Å². The second-order valence-corrected chi connectivity index (χ2v) is 6.14. The molecular formula is C17H27N3O. The highest BCUT2D eigenvalue weighted by Gasteiger charge is 2.14. The fraction of sp³-hybridized carbons (Fsp3) is 0.588. The highest BCUT2D eigenvalue weighted by molar-refractivity contribution is 5.92. The number of nitrogens with zero attached hydrogens (tertiary/aromatic N) is 1. The van der Waals surface area contributed by atoms with Gasteiger partial charge in [0.2, 0.25) is 5.91 Å². The maximum Gasteiger partial charge on any atom is 0.238 e. The van der Waals surface area contributed by atoms with Gasteiger partial charge in [0, 0.05) is 5.69 Å². The van der Waals surface area contributed by atoms with Crippen LogP contribution in [0.4, 0.5) is 5.69 Å². The smallest absolute Gasteiger partial charge is 0.238 e. The Balaban J connectivity index is 1.69. The third-order valence-electron chi connectivity index (χ3n) is 4.09. The van der Waals surface area contributed by atoms with Crippen molar-refractivity contribution in [3.05, 3.63) is 29.8 Å². The summed E-state index contributed by atoms with van der Waals surface area (Å²) in [6, 6.07) is 7.92. The number of aryl methyl sites for hydroxylation is 1. The molecule has 2 N–H and O–H groups in total. The van der Waals surface area contributed by atoms with Crippen molar-refractivity contribution in [1.29, 1.82) is 0 Å². The van der Waals surface area contributed by atoms with Crippen molar-refractivity contribution in [2.75, 3.05) is 38.5 Å². The first-order valence-electron chi connectivity index (χ1n) is 7.89. The monoisotopic (exact) mass is 289 g/mol. The average Bonchev–Trinajstić information content (AvgIpc) is 2.46. The highest BCUT2D eigenvalue weighted by atomic mass is 16.2. The van der Waals surface area contributed by atoms with Gasteiger partial charge in [0.15, 0.2) is 0 Å². The zero-order chi connectivity index (χ0) is 15.1. The lowest BCUT2D eigenvalue weighted by atomic mass is 9.94. The van der Waals surface area contributed by atoms with Gasteiger partial charge in [-0.05, 0) is 76.5 Å². The van der Waals surface area contributed by atoms with Gasteiger partial charge in [-0.2, -0.15) is 0 Å². The number of anilines is 1. The molecule has 0 spiro atoms. The van der Waals surface area contributed by atoms with Crippen LogP contribution < -0.4 is 10.6 Å².